The van der Waals surface area contributed by atoms with Crippen molar-refractivity contribution in [2.45, 2.75) is 19.9 Å². The van der Waals surface area contributed by atoms with Gasteiger partial charge in [-0.05, 0) is 29.4 Å². The molecule has 2 rings (SSSR count). The summed E-state index contributed by atoms with van der Waals surface area (Å²) in [4.78, 5) is 8.70. The molecule has 0 amide bonds. The van der Waals surface area contributed by atoms with Crippen LogP contribution in [0.5, 0.6) is 0 Å². The minimum atomic E-state index is -0.0718. The van der Waals surface area contributed by atoms with Crippen LogP contribution in [0.3, 0.4) is 0 Å². The van der Waals surface area contributed by atoms with Crippen molar-refractivity contribution in [2.24, 2.45) is 7.05 Å². The van der Waals surface area contributed by atoms with Crippen LogP contribution in [0.2, 0.25) is 0 Å². The number of hydrogen-bond donors (Lipinski definition) is 1. The summed E-state index contributed by atoms with van der Waals surface area (Å²) in [5.74, 6) is 0. The summed E-state index contributed by atoms with van der Waals surface area (Å²) in [6.45, 7) is 4.78. The Hall–Kier alpha value is -1.34. The van der Waals surface area contributed by atoms with Crippen LogP contribution >= 0.6 is 15.9 Å². The summed E-state index contributed by atoms with van der Waals surface area (Å²) in [6.07, 6.45) is 3.54. The van der Waals surface area contributed by atoms with E-state index in [2.05, 4.69) is 41.5 Å². The van der Waals surface area contributed by atoms with E-state index in [0.717, 1.165) is 28.2 Å². The number of hydrogen-bond acceptors (Lipinski definition) is 5. The van der Waals surface area contributed by atoms with Crippen molar-refractivity contribution in [3.05, 3.63) is 34.1 Å². The fraction of sp³-hybridized carbons (Fsp3) is 0.455. The molecule has 0 saturated carbocycles. The van der Waals surface area contributed by atoms with E-state index >= 15 is 0 Å². The third-order valence-electron chi connectivity index (χ3n) is 2.61. The molecule has 1 atom stereocenters. The minimum Gasteiger partial charge on any atom is -0.304 e. The highest BCUT2D eigenvalue weighted by Gasteiger charge is 2.22. The van der Waals surface area contributed by atoms with Gasteiger partial charge in [0, 0.05) is 13.2 Å². The van der Waals surface area contributed by atoms with Crippen LogP contribution in [-0.4, -0.2) is 31.5 Å². The predicted molar refractivity (Wildman–Crippen MR) is 71.0 cm³/mol. The highest BCUT2D eigenvalue weighted by molar-refractivity contribution is 9.10. The molecule has 0 aromatic carbocycles. The molecule has 96 valence electrons. The van der Waals surface area contributed by atoms with Gasteiger partial charge in [0.1, 0.15) is 0 Å². The lowest BCUT2D eigenvalue weighted by Gasteiger charge is -2.17. The second kappa shape index (κ2) is 5.53. The fourth-order valence-corrected chi connectivity index (χ4v) is 2.30. The summed E-state index contributed by atoms with van der Waals surface area (Å²) in [5.41, 5.74) is 2.69. The van der Waals surface area contributed by atoms with E-state index < -0.39 is 0 Å². The lowest BCUT2D eigenvalue weighted by molar-refractivity contribution is 0.555. The molecule has 18 heavy (non-hydrogen) atoms. The van der Waals surface area contributed by atoms with Gasteiger partial charge in [0.25, 0.3) is 0 Å². The summed E-state index contributed by atoms with van der Waals surface area (Å²) >= 11 is 3.42. The molecule has 7 heteroatoms. The molecular weight excluding hydrogens is 296 g/mol. The van der Waals surface area contributed by atoms with Crippen LogP contribution in [0.15, 0.2) is 17.0 Å². The first kappa shape index (κ1) is 13.1. The first-order valence-corrected chi connectivity index (χ1v) is 6.49. The van der Waals surface area contributed by atoms with Gasteiger partial charge in [-0.25, -0.2) is 4.68 Å². The predicted octanol–water partition coefficient (Wildman–Crippen LogP) is 1.37. The van der Waals surface area contributed by atoms with E-state index in [-0.39, 0.29) is 6.04 Å². The van der Waals surface area contributed by atoms with Gasteiger partial charge < -0.3 is 5.32 Å². The third-order valence-corrected chi connectivity index (χ3v) is 3.17. The quantitative estimate of drug-likeness (QED) is 0.924. The Bertz CT molecular complexity index is 501. The van der Waals surface area contributed by atoms with E-state index in [1.807, 2.05) is 20.9 Å². The van der Waals surface area contributed by atoms with Gasteiger partial charge in [-0.2, -0.15) is 0 Å². The van der Waals surface area contributed by atoms with Crippen molar-refractivity contribution in [3.8, 4) is 0 Å². The SMILES string of the molecule is CCNC(c1cnc(C)cn1)c1c(Br)nnn1C. The Labute approximate surface area is 114 Å². The first-order valence-electron chi connectivity index (χ1n) is 5.70. The van der Waals surface area contributed by atoms with Gasteiger partial charge in [-0.1, -0.05) is 12.1 Å². The van der Waals surface area contributed by atoms with Crippen molar-refractivity contribution in [3.63, 3.8) is 0 Å². The minimum absolute atomic E-state index is 0.0718. The molecule has 0 spiro atoms. The van der Waals surface area contributed by atoms with E-state index in [0.29, 0.717) is 0 Å². The Morgan fingerprint density at radius 3 is 2.67 bits per heavy atom. The maximum absolute atomic E-state index is 4.42. The van der Waals surface area contributed by atoms with Crippen LogP contribution in [0.25, 0.3) is 0 Å². The monoisotopic (exact) mass is 310 g/mol. The number of aromatic nitrogens is 5. The number of aryl methyl sites for hydroxylation is 2. The van der Waals surface area contributed by atoms with Crippen molar-refractivity contribution in [2.75, 3.05) is 6.54 Å². The van der Waals surface area contributed by atoms with Gasteiger partial charge in [-0.3, -0.25) is 9.97 Å². The molecule has 1 unspecified atom stereocenters. The van der Waals surface area contributed by atoms with Gasteiger partial charge in [-0.15, -0.1) is 5.10 Å². The zero-order valence-corrected chi connectivity index (χ0v) is 12.1. The number of nitrogens with zero attached hydrogens (tertiary/aromatic N) is 5. The van der Waals surface area contributed by atoms with E-state index in [9.17, 15) is 0 Å². The average Bonchev–Trinajstić information content (AvgIpc) is 2.68. The lowest BCUT2D eigenvalue weighted by atomic mass is 10.1. The Kier molecular flexibility index (Phi) is 4.03. The lowest BCUT2D eigenvalue weighted by Crippen LogP contribution is -2.25. The largest absolute Gasteiger partial charge is 0.304 e. The number of halogens is 1. The second-order valence-corrected chi connectivity index (χ2v) is 4.71. The zero-order valence-electron chi connectivity index (χ0n) is 10.6. The third kappa shape index (κ3) is 2.56. The molecule has 2 heterocycles. The molecule has 2 aromatic rings. The average molecular weight is 311 g/mol. The highest BCUT2D eigenvalue weighted by Crippen LogP contribution is 2.24. The molecule has 0 bridgehead atoms. The Morgan fingerprint density at radius 2 is 2.17 bits per heavy atom. The van der Waals surface area contributed by atoms with Crippen LogP contribution < -0.4 is 5.32 Å². The highest BCUT2D eigenvalue weighted by atomic mass is 79.9. The summed E-state index contributed by atoms with van der Waals surface area (Å²) in [7, 11) is 1.86. The Balaban J connectivity index is 2.43. The molecule has 0 aliphatic rings. The summed E-state index contributed by atoms with van der Waals surface area (Å²) < 4.78 is 2.46. The van der Waals surface area contributed by atoms with E-state index in [1.165, 1.54) is 0 Å². The van der Waals surface area contributed by atoms with Crippen LogP contribution in [-0.2, 0) is 7.05 Å². The van der Waals surface area contributed by atoms with Gasteiger partial charge in [0.2, 0.25) is 0 Å². The maximum Gasteiger partial charge on any atom is 0.153 e. The summed E-state index contributed by atoms with van der Waals surface area (Å²) in [5, 5.41) is 11.4. The van der Waals surface area contributed by atoms with E-state index in [4.69, 9.17) is 0 Å². The van der Waals surface area contributed by atoms with Gasteiger partial charge in [0.15, 0.2) is 4.60 Å². The van der Waals surface area contributed by atoms with Crippen molar-refractivity contribution < 1.29 is 0 Å². The molecule has 1 N–H and O–H groups in total. The van der Waals surface area contributed by atoms with E-state index in [1.54, 1.807) is 17.1 Å². The molecule has 0 aliphatic carbocycles. The molecule has 6 nitrogen and oxygen atoms in total. The molecule has 0 aliphatic heterocycles. The van der Waals surface area contributed by atoms with Crippen molar-refractivity contribution in [1.29, 1.82) is 0 Å². The van der Waals surface area contributed by atoms with Crippen molar-refractivity contribution >= 4 is 15.9 Å². The number of nitrogens with one attached hydrogen (secondary N) is 1. The normalized spacial score (nSPS) is 12.7. The smallest absolute Gasteiger partial charge is 0.153 e. The second-order valence-electron chi connectivity index (χ2n) is 3.96. The van der Waals surface area contributed by atoms with Crippen LogP contribution in [0.1, 0.15) is 30.0 Å². The summed E-state index contributed by atoms with van der Waals surface area (Å²) in [6, 6.07) is -0.0718. The van der Waals surface area contributed by atoms with Crippen LogP contribution in [0, 0.1) is 6.92 Å². The topological polar surface area (TPSA) is 68.5 Å². The van der Waals surface area contributed by atoms with Gasteiger partial charge >= 0.3 is 0 Å². The zero-order chi connectivity index (χ0) is 13.1. The molecule has 2 aromatic heterocycles. The van der Waals surface area contributed by atoms with Crippen LogP contribution in [0.4, 0.5) is 0 Å². The first-order chi connectivity index (χ1) is 8.63. The molecule has 0 saturated heterocycles. The van der Waals surface area contributed by atoms with Crippen molar-refractivity contribution in [1.82, 2.24) is 30.3 Å². The standard InChI is InChI=1S/C11H15BrN6/c1-4-13-9(8-6-14-7(2)5-15-8)10-11(12)16-17-18(10)3/h5-6,9,13H,4H2,1-3H3. The fourth-order valence-electron chi connectivity index (χ4n) is 1.74. The molecule has 0 fully saturated rings. The molecule has 0 radical (unpaired) electrons. The number of rotatable bonds is 4. The maximum atomic E-state index is 4.42. The van der Waals surface area contributed by atoms with Gasteiger partial charge in [0.05, 0.1) is 29.3 Å². The Morgan fingerprint density at radius 1 is 1.39 bits per heavy atom. The molecular formula is C11H15BrN6.